The first-order chi connectivity index (χ1) is 8.06. The van der Waals surface area contributed by atoms with E-state index in [1.807, 2.05) is 19.9 Å². The molecule has 0 saturated carbocycles. The largest absolute Gasteiger partial charge is 0.365 e. The number of nitrogens with zero attached hydrogens (tertiary/aromatic N) is 3. The number of carbonyl (C=O) groups is 1. The molecule has 2 N–H and O–H groups in total. The molecule has 0 spiro atoms. The second kappa shape index (κ2) is 3.27. The maximum atomic E-state index is 11.2. The van der Waals surface area contributed by atoms with Gasteiger partial charge in [-0.05, 0) is 31.5 Å². The fraction of sp³-hybridized carbons (Fsp3) is 0.182. The van der Waals surface area contributed by atoms with Crippen molar-refractivity contribution in [3.63, 3.8) is 0 Å². The summed E-state index contributed by atoms with van der Waals surface area (Å²) in [5.74, 6) is 0.309. The zero-order valence-electron chi connectivity index (χ0n) is 9.39. The van der Waals surface area contributed by atoms with Crippen LogP contribution in [0.2, 0.25) is 0 Å². The maximum absolute atomic E-state index is 11.2. The summed E-state index contributed by atoms with van der Waals surface area (Å²) in [6.07, 6.45) is 0. The molecule has 5 nitrogen and oxygen atoms in total. The Balaban J connectivity index is 2.49. The summed E-state index contributed by atoms with van der Waals surface area (Å²) in [5, 5.41) is 5.31. The van der Waals surface area contributed by atoms with Gasteiger partial charge in [0.2, 0.25) is 0 Å². The number of hydrogen-bond acceptors (Lipinski definition) is 4. The first kappa shape index (κ1) is 10.2. The van der Waals surface area contributed by atoms with Crippen LogP contribution in [0.3, 0.4) is 0 Å². The lowest BCUT2D eigenvalue weighted by atomic mass is 10.2. The lowest BCUT2D eigenvalue weighted by Gasteiger charge is -1.97. The summed E-state index contributed by atoms with van der Waals surface area (Å²) in [7, 11) is 0. The van der Waals surface area contributed by atoms with Crippen LogP contribution in [0.4, 0.5) is 0 Å². The minimum atomic E-state index is -0.408. The molecule has 0 atom stereocenters. The van der Waals surface area contributed by atoms with E-state index in [1.54, 1.807) is 10.6 Å². The van der Waals surface area contributed by atoms with Crippen molar-refractivity contribution < 1.29 is 4.79 Å². The molecule has 86 valence electrons. The fourth-order valence-electron chi connectivity index (χ4n) is 1.90. The smallest absolute Gasteiger partial charge is 0.258 e. The van der Waals surface area contributed by atoms with E-state index in [0.29, 0.717) is 4.88 Å². The Morgan fingerprint density at radius 3 is 2.88 bits per heavy atom. The molecule has 17 heavy (non-hydrogen) atoms. The van der Waals surface area contributed by atoms with Gasteiger partial charge in [0.1, 0.15) is 10.7 Å². The number of nitrogens with two attached hydrogens (primary N) is 1. The zero-order valence-corrected chi connectivity index (χ0v) is 10.2. The van der Waals surface area contributed by atoms with Crippen molar-refractivity contribution in [2.45, 2.75) is 13.8 Å². The predicted molar refractivity (Wildman–Crippen MR) is 66.4 cm³/mol. The molecule has 3 aromatic heterocycles. The third-order valence-electron chi connectivity index (χ3n) is 2.61. The molecule has 3 rings (SSSR count). The minimum Gasteiger partial charge on any atom is -0.365 e. The van der Waals surface area contributed by atoms with Crippen LogP contribution in [0, 0.1) is 13.8 Å². The van der Waals surface area contributed by atoms with Gasteiger partial charge in [-0.1, -0.05) is 0 Å². The molecule has 1 amide bonds. The Morgan fingerprint density at radius 2 is 2.18 bits per heavy atom. The molecule has 0 saturated heterocycles. The number of aromatic nitrogens is 3. The molecule has 0 aliphatic carbocycles. The van der Waals surface area contributed by atoms with Gasteiger partial charge < -0.3 is 5.73 Å². The van der Waals surface area contributed by atoms with Gasteiger partial charge in [-0.15, -0.1) is 11.3 Å². The van der Waals surface area contributed by atoms with Crippen LogP contribution in [0.5, 0.6) is 0 Å². The minimum absolute atomic E-state index is 0.408. The van der Waals surface area contributed by atoms with Crippen molar-refractivity contribution in [2.75, 3.05) is 0 Å². The Labute approximate surface area is 101 Å². The van der Waals surface area contributed by atoms with Crippen LogP contribution in [-0.2, 0) is 0 Å². The van der Waals surface area contributed by atoms with Crippen molar-refractivity contribution in [2.24, 2.45) is 5.73 Å². The van der Waals surface area contributed by atoms with Gasteiger partial charge in [-0.2, -0.15) is 5.10 Å². The molecule has 0 aromatic carbocycles. The first-order valence-corrected chi connectivity index (χ1v) is 5.94. The van der Waals surface area contributed by atoms with Crippen molar-refractivity contribution in [3.05, 3.63) is 28.4 Å². The van der Waals surface area contributed by atoms with Crippen molar-refractivity contribution in [1.29, 1.82) is 0 Å². The van der Waals surface area contributed by atoms with Crippen molar-refractivity contribution in [1.82, 2.24) is 14.6 Å². The number of hydrogen-bond donors (Lipinski definition) is 1. The van der Waals surface area contributed by atoms with Crippen LogP contribution in [-0.4, -0.2) is 20.5 Å². The Kier molecular flexibility index (Phi) is 1.97. The van der Waals surface area contributed by atoms with Gasteiger partial charge >= 0.3 is 0 Å². The van der Waals surface area contributed by atoms with Crippen LogP contribution < -0.4 is 5.73 Å². The van der Waals surface area contributed by atoms with Crippen LogP contribution in [0.25, 0.3) is 15.9 Å². The third-order valence-corrected chi connectivity index (χ3v) is 3.75. The molecule has 6 heteroatoms. The zero-order chi connectivity index (χ0) is 12.2. The molecule has 0 bridgehead atoms. The fourth-order valence-corrected chi connectivity index (χ4v) is 2.84. The van der Waals surface area contributed by atoms with E-state index in [4.69, 9.17) is 5.73 Å². The van der Waals surface area contributed by atoms with Crippen molar-refractivity contribution >= 4 is 33.1 Å². The third kappa shape index (κ3) is 1.41. The van der Waals surface area contributed by atoms with E-state index < -0.39 is 5.91 Å². The lowest BCUT2D eigenvalue weighted by molar-refractivity contribution is 0.100. The van der Waals surface area contributed by atoms with Gasteiger partial charge in [0.25, 0.3) is 5.91 Å². The number of amides is 1. The number of carbonyl (C=O) groups excluding carboxylic acids is 1. The molecule has 0 aliphatic rings. The van der Waals surface area contributed by atoms with Gasteiger partial charge in [-0.25, -0.2) is 9.50 Å². The number of pyridine rings is 1. The highest BCUT2D eigenvalue weighted by Crippen LogP contribution is 2.27. The van der Waals surface area contributed by atoms with Gasteiger partial charge in [0.15, 0.2) is 5.65 Å². The van der Waals surface area contributed by atoms with Crippen LogP contribution >= 0.6 is 11.3 Å². The Hall–Kier alpha value is -1.95. The predicted octanol–water partition coefficient (Wildman–Crippen LogP) is 1.66. The van der Waals surface area contributed by atoms with Gasteiger partial charge in [0.05, 0.1) is 4.88 Å². The van der Waals surface area contributed by atoms with Crippen LogP contribution in [0.15, 0.2) is 12.1 Å². The van der Waals surface area contributed by atoms with E-state index in [0.717, 1.165) is 27.3 Å². The van der Waals surface area contributed by atoms with E-state index in [-0.39, 0.29) is 0 Å². The number of fused-ring (bicyclic) bond motifs is 3. The summed E-state index contributed by atoms with van der Waals surface area (Å²) in [6.45, 7) is 3.82. The van der Waals surface area contributed by atoms with E-state index in [2.05, 4.69) is 10.1 Å². The number of thiophene rings is 1. The first-order valence-electron chi connectivity index (χ1n) is 5.12. The molecular weight excluding hydrogens is 236 g/mol. The molecule has 3 aromatic rings. The summed E-state index contributed by atoms with van der Waals surface area (Å²) in [6, 6.07) is 3.80. The molecule has 0 unspecified atom stereocenters. The quantitative estimate of drug-likeness (QED) is 0.709. The summed E-state index contributed by atoms with van der Waals surface area (Å²) >= 11 is 1.34. The maximum Gasteiger partial charge on any atom is 0.258 e. The standard InChI is InChI=1S/C11H10N4OS/c1-5-3-7-4-8(9(12)16)17-11(7)15-10(5)13-6(2)14-15/h3-4H,1-2H3,(H2,12,16). The molecular formula is C11H10N4OS. The Bertz CT molecular complexity index is 756. The molecule has 3 heterocycles. The SMILES string of the molecule is Cc1nc2c(C)cc3cc(C(N)=O)sc3n2n1. The summed E-state index contributed by atoms with van der Waals surface area (Å²) in [5.41, 5.74) is 7.15. The monoisotopic (exact) mass is 246 g/mol. The van der Waals surface area contributed by atoms with Crippen molar-refractivity contribution in [3.8, 4) is 0 Å². The van der Waals surface area contributed by atoms with Crippen LogP contribution in [0.1, 0.15) is 21.1 Å². The van der Waals surface area contributed by atoms with Gasteiger partial charge in [-0.3, -0.25) is 4.79 Å². The Morgan fingerprint density at radius 1 is 1.41 bits per heavy atom. The summed E-state index contributed by atoms with van der Waals surface area (Å²) < 4.78 is 1.77. The number of primary amides is 1. The molecule has 0 aliphatic heterocycles. The second-order valence-corrected chi connectivity index (χ2v) is 4.99. The highest BCUT2D eigenvalue weighted by molar-refractivity contribution is 7.20. The number of rotatable bonds is 1. The average Bonchev–Trinajstić information content (AvgIpc) is 2.80. The summed E-state index contributed by atoms with van der Waals surface area (Å²) in [4.78, 5) is 17.0. The highest BCUT2D eigenvalue weighted by Gasteiger charge is 2.13. The van der Waals surface area contributed by atoms with E-state index >= 15 is 0 Å². The molecule has 0 fully saturated rings. The average molecular weight is 246 g/mol. The topological polar surface area (TPSA) is 73.3 Å². The van der Waals surface area contributed by atoms with E-state index in [1.165, 1.54) is 11.3 Å². The highest BCUT2D eigenvalue weighted by atomic mass is 32.1. The lowest BCUT2D eigenvalue weighted by Crippen LogP contribution is -2.08. The normalized spacial score (nSPS) is 11.4. The van der Waals surface area contributed by atoms with Gasteiger partial charge in [0, 0.05) is 5.39 Å². The molecule has 0 radical (unpaired) electrons. The second-order valence-electron chi connectivity index (χ2n) is 3.96. The number of aryl methyl sites for hydroxylation is 2. The van der Waals surface area contributed by atoms with E-state index in [9.17, 15) is 4.79 Å².